The van der Waals surface area contributed by atoms with E-state index in [4.69, 9.17) is 16.3 Å². The number of aromatic nitrogens is 3. The van der Waals surface area contributed by atoms with Gasteiger partial charge in [-0.15, -0.1) is 10.2 Å². The molecule has 0 saturated heterocycles. The average Bonchev–Trinajstić information content (AvgIpc) is 3.30. The zero-order valence-electron chi connectivity index (χ0n) is 19.5. The number of esters is 1. The molecule has 0 fully saturated rings. The average molecular weight is 522 g/mol. The molecule has 0 unspecified atom stereocenters. The molecule has 0 spiro atoms. The van der Waals surface area contributed by atoms with Gasteiger partial charge in [0.2, 0.25) is 5.91 Å². The third kappa shape index (κ3) is 6.65. The number of para-hydroxylation sites is 1. The van der Waals surface area contributed by atoms with Crippen LogP contribution in [0, 0.1) is 0 Å². The molecule has 184 valence electrons. The Morgan fingerprint density at radius 1 is 0.972 bits per heavy atom. The van der Waals surface area contributed by atoms with Crippen LogP contribution >= 0.6 is 23.4 Å². The van der Waals surface area contributed by atoms with Gasteiger partial charge in [0.1, 0.15) is 0 Å². The normalized spacial score (nSPS) is 10.6. The summed E-state index contributed by atoms with van der Waals surface area (Å²) in [5, 5.41) is 16.0. The first-order chi connectivity index (χ1) is 17.5. The number of rotatable bonds is 10. The van der Waals surface area contributed by atoms with Crippen LogP contribution in [0.15, 0.2) is 84.0 Å². The highest BCUT2D eigenvalue weighted by atomic mass is 35.5. The number of nitrogens with zero attached hydrogens (tertiary/aromatic N) is 3. The standard InChI is InChI=1S/C26H24ClN5O3S/c1-2-35-25(34)18-8-6-11-21(14-18)29-24(33)17-36-26-31-30-23(32(26)22-12-4-3-5-13-22)16-28-20-10-7-9-19(27)15-20/h3-15,28H,2,16-17H2,1H3,(H,29,33). The molecule has 3 aromatic carbocycles. The van der Waals surface area contributed by atoms with Crippen molar-refractivity contribution in [2.24, 2.45) is 0 Å². The molecule has 4 aromatic rings. The van der Waals surface area contributed by atoms with E-state index in [0.29, 0.717) is 33.8 Å². The second-order valence-corrected chi connectivity index (χ2v) is 8.95. The zero-order valence-corrected chi connectivity index (χ0v) is 21.1. The van der Waals surface area contributed by atoms with Crippen molar-refractivity contribution in [1.82, 2.24) is 14.8 Å². The Labute approximate surface area is 218 Å². The van der Waals surface area contributed by atoms with E-state index in [1.807, 2.05) is 59.2 Å². The Hall–Kier alpha value is -3.82. The van der Waals surface area contributed by atoms with E-state index in [-0.39, 0.29) is 18.3 Å². The molecule has 0 saturated carbocycles. The first-order valence-corrected chi connectivity index (χ1v) is 12.6. The third-order valence-corrected chi connectivity index (χ3v) is 6.14. The van der Waals surface area contributed by atoms with Gasteiger partial charge in [-0.25, -0.2) is 4.79 Å². The third-order valence-electron chi connectivity index (χ3n) is 4.98. The molecule has 8 nitrogen and oxygen atoms in total. The van der Waals surface area contributed by atoms with Crippen molar-refractivity contribution in [2.75, 3.05) is 23.0 Å². The molecule has 2 N–H and O–H groups in total. The van der Waals surface area contributed by atoms with Crippen LogP contribution in [0.4, 0.5) is 11.4 Å². The second-order valence-electron chi connectivity index (χ2n) is 7.57. The van der Waals surface area contributed by atoms with Crippen molar-refractivity contribution in [3.05, 3.63) is 95.3 Å². The van der Waals surface area contributed by atoms with Gasteiger partial charge >= 0.3 is 5.97 Å². The summed E-state index contributed by atoms with van der Waals surface area (Å²) in [6, 6.07) is 23.8. The van der Waals surface area contributed by atoms with Gasteiger partial charge in [-0.2, -0.15) is 0 Å². The van der Waals surface area contributed by atoms with Gasteiger partial charge in [0.05, 0.1) is 24.5 Å². The minimum Gasteiger partial charge on any atom is -0.462 e. The molecule has 0 aliphatic carbocycles. The highest BCUT2D eigenvalue weighted by Gasteiger charge is 2.16. The molecule has 0 radical (unpaired) electrons. The molecular formula is C26H24ClN5O3S. The first kappa shape index (κ1) is 25.3. The summed E-state index contributed by atoms with van der Waals surface area (Å²) < 4.78 is 6.93. The number of halogens is 1. The maximum absolute atomic E-state index is 12.7. The molecule has 0 aliphatic heterocycles. The largest absolute Gasteiger partial charge is 0.462 e. The number of anilines is 2. The minimum absolute atomic E-state index is 0.107. The molecule has 1 heterocycles. The van der Waals surface area contributed by atoms with Crippen LogP contribution in [-0.4, -0.2) is 39.0 Å². The number of nitrogens with one attached hydrogen (secondary N) is 2. The molecule has 0 aliphatic rings. The lowest BCUT2D eigenvalue weighted by Gasteiger charge is -2.12. The summed E-state index contributed by atoms with van der Waals surface area (Å²) in [6.45, 7) is 2.44. The number of carbonyl (C=O) groups is 2. The Bertz CT molecular complexity index is 1350. The van der Waals surface area contributed by atoms with Gasteiger partial charge in [-0.1, -0.05) is 53.7 Å². The van der Waals surface area contributed by atoms with Gasteiger partial charge in [0, 0.05) is 22.1 Å². The summed E-state index contributed by atoms with van der Waals surface area (Å²) in [5.74, 6) is 0.127. The second kappa shape index (κ2) is 12.2. The maximum Gasteiger partial charge on any atom is 0.338 e. The molecule has 4 rings (SSSR count). The van der Waals surface area contributed by atoms with Crippen LogP contribution in [0.5, 0.6) is 0 Å². The van der Waals surface area contributed by atoms with Crippen LogP contribution < -0.4 is 10.6 Å². The summed E-state index contributed by atoms with van der Waals surface area (Å²) in [7, 11) is 0. The molecule has 10 heteroatoms. The van der Waals surface area contributed by atoms with Crippen molar-refractivity contribution in [1.29, 1.82) is 0 Å². The van der Waals surface area contributed by atoms with Gasteiger partial charge in [0.15, 0.2) is 11.0 Å². The van der Waals surface area contributed by atoms with Gasteiger partial charge in [-0.05, 0) is 55.5 Å². The molecule has 0 atom stereocenters. The van der Waals surface area contributed by atoms with Crippen LogP contribution in [0.2, 0.25) is 5.02 Å². The Morgan fingerprint density at radius 3 is 2.53 bits per heavy atom. The predicted octanol–water partition coefficient (Wildman–Crippen LogP) is 5.44. The van der Waals surface area contributed by atoms with E-state index >= 15 is 0 Å². The fourth-order valence-electron chi connectivity index (χ4n) is 3.39. The number of benzene rings is 3. The number of hydrogen-bond acceptors (Lipinski definition) is 7. The van der Waals surface area contributed by atoms with E-state index in [1.165, 1.54) is 11.8 Å². The maximum atomic E-state index is 12.7. The topological polar surface area (TPSA) is 98.1 Å². The molecular weight excluding hydrogens is 498 g/mol. The number of amides is 1. The lowest BCUT2D eigenvalue weighted by atomic mass is 10.2. The highest BCUT2D eigenvalue weighted by molar-refractivity contribution is 7.99. The van der Waals surface area contributed by atoms with Crippen molar-refractivity contribution < 1.29 is 14.3 Å². The fourth-order valence-corrected chi connectivity index (χ4v) is 4.35. The van der Waals surface area contributed by atoms with Crippen molar-refractivity contribution in [3.8, 4) is 5.69 Å². The summed E-state index contributed by atoms with van der Waals surface area (Å²) in [4.78, 5) is 24.6. The predicted molar refractivity (Wildman–Crippen MR) is 142 cm³/mol. The number of hydrogen-bond donors (Lipinski definition) is 2. The molecule has 1 aromatic heterocycles. The van der Waals surface area contributed by atoms with Crippen LogP contribution in [0.25, 0.3) is 5.69 Å². The Balaban J connectivity index is 1.46. The highest BCUT2D eigenvalue weighted by Crippen LogP contribution is 2.24. The smallest absolute Gasteiger partial charge is 0.338 e. The van der Waals surface area contributed by atoms with E-state index in [2.05, 4.69) is 20.8 Å². The molecule has 36 heavy (non-hydrogen) atoms. The van der Waals surface area contributed by atoms with E-state index in [1.54, 1.807) is 31.2 Å². The number of thioether (sulfide) groups is 1. The van der Waals surface area contributed by atoms with Gasteiger partial charge in [0.25, 0.3) is 0 Å². The summed E-state index contributed by atoms with van der Waals surface area (Å²) in [5.41, 5.74) is 2.64. The first-order valence-electron chi connectivity index (χ1n) is 11.2. The quantitative estimate of drug-likeness (QED) is 0.212. The van der Waals surface area contributed by atoms with E-state index < -0.39 is 5.97 Å². The Kier molecular flexibility index (Phi) is 8.59. The minimum atomic E-state index is -0.433. The van der Waals surface area contributed by atoms with Gasteiger partial charge in [-0.3, -0.25) is 9.36 Å². The monoisotopic (exact) mass is 521 g/mol. The van der Waals surface area contributed by atoms with E-state index in [0.717, 1.165) is 11.4 Å². The lowest BCUT2D eigenvalue weighted by Crippen LogP contribution is -2.15. The molecule has 1 amide bonds. The summed E-state index contributed by atoms with van der Waals surface area (Å²) in [6.07, 6.45) is 0. The van der Waals surface area contributed by atoms with Gasteiger partial charge < -0.3 is 15.4 Å². The van der Waals surface area contributed by atoms with Crippen molar-refractivity contribution in [2.45, 2.75) is 18.6 Å². The van der Waals surface area contributed by atoms with Crippen LogP contribution in [0.1, 0.15) is 23.1 Å². The number of ether oxygens (including phenoxy) is 1. The molecule has 0 bridgehead atoms. The SMILES string of the molecule is CCOC(=O)c1cccc(NC(=O)CSc2nnc(CNc3cccc(Cl)c3)n2-c2ccccc2)c1. The summed E-state index contributed by atoms with van der Waals surface area (Å²) >= 11 is 7.36. The van der Waals surface area contributed by atoms with Crippen LogP contribution in [-0.2, 0) is 16.1 Å². The van der Waals surface area contributed by atoms with Crippen LogP contribution in [0.3, 0.4) is 0 Å². The number of carbonyl (C=O) groups excluding carboxylic acids is 2. The van der Waals surface area contributed by atoms with E-state index in [9.17, 15) is 9.59 Å². The Morgan fingerprint density at radius 2 is 1.75 bits per heavy atom. The van der Waals surface area contributed by atoms with Crippen molar-refractivity contribution >= 4 is 46.6 Å². The lowest BCUT2D eigenvalue weighted by molar-refractivity contribution is -0.113. The zero-order chi connectivity index (χ0) is 25.3. The van der Waals surface area contributed by atoms with Crippen molar-refractivity contribution in [3.63, 3.8) is 0 Å². The fraction of sp³-hybridized carbons (Fsp3) is 0.154.